The Hall–Kier alpha value is -2.54. The van der Waals surface area contributed by atoms with Gasteiger partial charge in [0, 0.05) is 11.3 Å². The third-order valence-electron chi connectivity index (χ3n) is 3.07. The van der Waals surface area contributed by atoms with Crippen LogP contribution >= 0.6 is 0 Å². The number of nitrogen functional groups attached to an aromatic ring is 1. The highest BCUT2D eigenvalue weighted by Gasteiger charge is 2.16. The predicted octanol–water partition coefficient (Wildman–Crippen LogP) is 1.48. The SMILES string of the molecule is Cc1c(N)cccc1NS(=O)(=O)c1ccc(C(N)=O)cc1. The fourth-order valence-corrected chi connectivity index (χ4v) is 2.89. The van der Waals surface area contributed by atoms with E-state index in [9.17, 15) is 13.2 Å². The molecule has 0 heterocycles. The van der Waals surface area contributed by atoms with Gasteiger partial charge in [0.2, 0.25) is 5.91 Å². The maximum absolute atomic E-state index is 12.3. The number of benzene rings is 2. The molecule has 7 heteroatoms. The number of amides is 1. The Labute approximate surface area is 122 Å². The van der Waals surface area contributed by atoms with Crippen LogP contribution in [0.1, 0.15) is 15.9 Å². The van der Waals surface area contributed by atoms with Crippen LogP contribution in [0.15, 0.2) is 47.4 Å². The van der Waals surface area contributed by atoms with E-state index >= 15 is 0 Å². The van der Waals surface area contributed by atoms with E-state index in [1.807, 2.05) is 0 Å². The van der Waals surface area contributed by atoms with Crippen LogP contribution in [0, 0.1) is 6.92 Å². The van der Waals surface area contributed by atoms with E-state index in [0.29, 0.717) is 16.9 Å². The summed E-state index contributed by atoms with van der Waals surface area (Å²) in [6, 6.07) is 10.4. The van der Waals surface area contributed by atoms with Crippen molar-refractivity contribution >= 4 is 27.3 Å². The molecule has 0 atom stereocenters. The zero-order valence-electron chi connectivity index (χ0n) is 11.3. The first-order valence-electron chi connectivity index (χ1n) is 6.09. The Bertz CT molecular complexity index is 784. The highest BCUT2D eigenvalue weighted by atomic mass is 32.2. The smallest absolute Gasteiger partial charge is 0.261 e. The zero-order valence-corrected chi connectivity index (χ0v) is 12.1. The number of nitrogens with one attached hydrogen (secondary N) is 1. The molecular weight excluding hydrogens is 290 g/mol. The normalized spacial score (nSPS) is 11.1. The van der Waals surface area contributed by atoms with Gasteiger partial charge in [-0.05, 0) is 48.9 Å². The molecule has 0 radical (unpaired) electrons. The number of hydrogen-bond acceptors (Lipinski definition) is 4. The summed E-state index contributed by atoms with van der Waals surface area (Å²) in [4.78, 5) is 11.0. The molecule has 0 saturated carbocycles. The quantitative estimate of drug-likeness (QED) is 0.742. The second kappa shape index (κ2) is 5.45. The predicted molar refractivity (Wildman–Crippen MR) is 81.4 cm³/mol. The Kier molecular flexibility index (Phi) is 3.86. The van der Waals surface area contributed by atoms with Crippen LogP contribution in [0.2, 0.25) is 0 Å². The van der Waals surface area contributed by atoms with Crippen molar-refractivity contribution in [2.75, 3.05) is 10.5 Å². The van der Waals surface area contributed by atoms with Crippen LogP contribution in [-0.2, 0) is 10.0 Å². The molecule has 5 N–H and O–H groups in total. The average Bonchev–Trinajstić information content (AvgIpc) is 2.44. The molecule has 0 unspecified atom stereocenters. The molecule has 110 valence electrons. The van der Waals surface area contributed by atoms with Gasteiger partial charge in [0.25, 0.3) is 10.0 Å². The average molecular weight is 305 g/mol. The highest BCUT2D eigenvalue weighted by Crippen LogP contribution is 2.23. The number of carbonyl (C=O) groups is 1. The van der Waals surface area contributed by atoms with Gasteiger partial charge in [0.05, 0.1) is 10.6 Å². The van der Waals surface area contributed by atoms with Gasteiger partial charge >= 0.3 is 0 Å². The Morgan fingerprint density at radius 1 is 1.10 bits per heavy atom. The summed E-state index contributed by atoms with van der Waals surface area (Å²) in [7, 11) is -3.75. The summed E-state index contributed by atoms with van der Waals surface area (Å²) in [6.07, 6.45) is 0. The third kappa shape index (κ3) is 3.14. The second-order valence-corrected chi connectivity index (χ2v) is 6.20. The van der Waals surface area contributed by atoms with Gasteiger partial charge in [0.1, 0.15) is 0 Å². The molecule has 2 aromatic carbocycles. The second-order valence-electron chi connectivity index (χ2n) is 4.51. The van der Waals surface area contributed by atoms with Gasteiger partial charge in [0.15, 0.2) is 0 Å². The molecule has 0 fully saturated rings. The van der Waals surface area contributed by atoms with Crippen LogP contribution < -0.4 is 16.2 Å². The Morgan fingerprint density at radius 3 is 2.29 bits per heavy atom. The first kappa shape index (κ1) is 14.9. The molecule has 2 aromatic rings. The lowest BCUT2D eigenvalue weighted by Gasteiger charge is -2.12. The summed E-state index contributed by atoms with van der Waals surface area (Å²) >= 11 is 0. The summed E-state index contributed by atoms with van der Waals surface area (Å²) in [6.45, 7) is 1.73. The van der Waals surface area contributed by atoms with Crippen molar-refractivity contribution in [2.45, 2.75) is 11.8 Å². The van der Waals surface area contributed by atoms with Gasteiger partial charge in [-0.3, -0.25) is 9.52 Å². The molecule has 0 aromatic heterocycles. The summed E-state index contributed by atoms with van der Waals surface area (Å²) < 4.78 is 27.0. The molecule has 2 rings (SSSR count). The number of sulfonamides is 1. The topological polar surface area (TPSA) is 115 Å². The lowest BCUT2D eigenvalue weighted by molar-refractivity contribution is 0.1000. The summed E-state index contributed by atoms with van der Waals surface area (Å²) in [5.74, 6) is -0.612. The molecule has 1 amide bonds. The zero-order chi connectivity index (χ0) is 15.6. The van der Waals surface area contributed by atoms with E-state index in [-0.39, 0.29) is 10.5 Å². The van der Waals surface area contributed by atoms with Gasteiger partial charge in [-0.1, -0.05) is 6.07 Å². The van der Waals surface area contributed by atoms with Crippen LogP contribution in [0.4, 0.5) is 11.4 Å². The lowest BCUT2D eigenvalue weighted by atomic mass is 10.2. The number of hydrogen-bond donors (Lipinski definition) is 3. The van der Waals surface area contributed by atoms with Crippen LogP contribution in [0.5, 0.6) is 0 Å². The fraction of sp³-hybridized carbons (Fsp3) is 0.0714. The standard InChI is InChI=1S/C14H15N3O3S/c1-9-12(15)3-2-4-13(9)17-21(19,20)11-7-5-10(6-8-11)14(16)18/h2-8,17H,15H2,1H3,(H2,16,18). The number of primary amides is 1. The van der Waals surface area contributed by atoms with Crippen LogP contribution in [0.3, 0.4) is 0 Å². The molecule has 0 aliphatic rings. The highest BCUT2D eigenvalue weighted by molar-refractivity contribution is 7.92. The minimum absolute atomic E-state index is 0.0364. The first-order valence-corrected chi connectivity index (χ1v) is 7.57. The van der Waals surface area contributed by atoms with Crippen LogP contribution in [-0.4, -0.2) is 14.3 Å². The van der Waals surface area contributed by atoms with E-state index in [1.54, 1.807) is 25.1 Å². The van der Waals surface area contributed by atoms with Crippen LogP contribution in [0.25, 0.3) is 0 Å². The number of nitrogens with two attached hydrogens (primary N) is 2. The first-order chi connectivity index (χ1) is 9.81. The fourth-order valence-electron chi connectivity index (χ4n) is 1.77. The van der Waals surface area contributed by atoms with Gasteiger partial charge in [-0.25, -0.2) is 8.42 Å². The van der Waals surface area contributed by atoms with Gasteiger partial charge in [-0.2, -0.15) is 0 Å². The molecule has 0 saturated heterocycles. The molecule has 6 nitrogen and oxygen atoms in total. The number of anilines is 2. The maximum Gasteiger partial charge on any atom is 0.261 e. The minimum Gasteiger partial charge on any atom is -0.398 e. The summed E-state index contributed by atoms with van der Waals surface area (Å²) in [5.41, 5.74) is 12.7. The molecule has 0 aliphatic heterocycles. The molecule has 0 aliphatic carbocycles. The third-order valence-corrected chi connectivity index (χ3v) is 4.45. The van der Waals surface area contributed by atoms with E-state index in [1.165, 1.54) is 24.3 Å². The number of carbonyl (C=O) groups excluding carboxylic acids is 1. The minimum atomic E-state index is -3.75. The van der Waals surface area contributed by atoms with Gasteiger partial charge < -0.3 is 11.5 Å². The Morgan fingerprint density at radius 2 is 1.71 bits per heavy atom. The van der Waals surface area contributed by atoms with E-state index in [0.717, 1.165) is 0 Å². The molecule has 21 heavy (non-hydrogen) atoms. The summed E-state index contributed by atoms with van der Waals surface area (Å²) in [5, 5.41) is 0. The molecular formula is C14H15N3O3S. The largest absolute Gasteiger partial charge is 0.398 e. The lowest BCUT2D eigenvalue weighted by Crippen LogP contribution is -2.15. The van der Waals surface area contributed by atoms with E-state index < -0.39 is 15.9 Å². The Balaban J connectivity index is 2.34. The van der Waals surface area contributed by atoms with Crippen molar-refractivity contribution in [1.82, 2.24) is 0 Å². The van der Waals surface area contributed by atoms with E-state index in [2.05, 4.69) is 4.72 Å². The molecule has 0 bridgehead atoms. The van der Waals surface area contributed by atoms with Crippen molar-refractivity contribution in [3.8, 4) is 0 Å². The number of rotatable bonds is 4. The van der Waals surface area contributed by atoms with E-state index in [4.69, 9.17) is 11.5 Å². The maximum atomic E-state index is 12.3. The van der Waals surface area contributed by atoms with Crippen molar-refractivity contribution in [1.29, 1.82) is 0 Å². The van der Waals surface area contributed by atoms with Crippen molar-refractivity contribution in [2.24, 2.45) is 5.73 Å². The van der Waals surface area contributed by atoms with Crippen molar-refractivity contribution in [3.63, 3.8) is 0 Å². The molecule has 0 spiro atoms. The van der Waals surface area contributed by atoms with Gasteiger partial charge in [-0.15, -0.1) is 0 Å². The van der Waals surface area contributed by atoms with Crippen molar-refractivity contribution < 1.29 is 13.2 Å². The monoisotopic (exact) mass is 305 g/mol. The van der Waals surface area contributed by atoms with Crippen molar-refractivity contribution in [3.05, 3.63) is 53.6 Å².